The number of hydrogen-bond donors (Lipinski definition) is 2. The second kappa shape index (κ2) is 7.14. The van der Waals surface area contributed by atoms with Crippen molar-refractivity contribution in [3.63, 3.8) is 0 Å². The summed E-state index contributed by atoms with van der Waals surface area (Å²) in [5.74, 6) is 2.15. The van der Waals surface area contributed by atoms with Crippen LogP contribution in [-0.4, -0.2) is 32.1 Å². The van der Waals surface area contributed by atoms with Gasteiger partial charge in [-0.15, -0.1) is 0 Å². The Bertz CT molecular complexity index is 520. The molecule has 0 radical (unpaired) electrons. The third-order valence-electron chi connectivity index (χ3n) is 4.64. The van der Waals surface area contributed by atoms with E-state index in [-0.39, 0.29) is 11.9 Å². The van der Waals surface area contributed by atoms with E-state index in [1.54, 1.807) is 7.11 Å². The Kier molecular flexibility index (Phi) is 5.46. The third kappa shape index (κ3) is 4.01. The van der Waals surface area contributed by atoms with Gasteiger partial charge in [0.2, 0.25) is 0 Å². The third-order valence-corrected chi connectivity index (χ3v) is 4.64. The van der Waals surface area contributed by atoms with Crippen molar-refractivity contribution in [2.24, 2.45) is 11.8 Å². The SMILES string of the molecule is COc1ccc(C)cc1NC(=O)[C@@H](C)[NH+]1C[C@@H](C)C[C@H](C)C1. The lowest BCUT2D eigenvalue weighted by atomic mass is 9.91. The first kappa shape index (κ1) is 16.8. The number of anilines is 1. The average Bonchev–Trinajstić information content (AvgIpc) is 2.45. The van der Waals surface area contributed by atoms with Crippen LogP contribution in [0.2, 0.25) is 0 Å². The fourth-order valence-corrected chi connectivity index (χ4v) is 3.53. The Morgan fingerprint density at radius 3 is 2.55 bits per heavy atom. The van der Waals surface area contributed by atoms with Crippen LogP contribution in [0.4, 0.5) is 5.69 Å². The topological polar surface area (TPSA) is 42.8 Å². The van der Waals surface area contributed by atoms with Crippen LogP contribution >= 0.6 is 0 Å². The zero-order chi connectivity index (χ0) is 16.3. The minimum Gasteiger partial charge on any atom is -0.495 e. The molecular formula is C18H29N2O2+. The van der Waals surface area contributed by atoms with Gasteiger partial charge in [-0.3, -0.25) is 4.79 Å². The number of carbonyl (C=O) groups excluding carboxylic acids is 1. The number of methoxy groups -OCH3 is 1. The van der Waals surface area contributed by atoms with Crippen molar-refractivity contribution in [2.75, 3.05) is 25.5 Å². The van der Waals surface area contributed by atoms with Crippen molar-refractivity contribution in [3.8, 4) is 5.75 Å². The fourth-order valence-electron chi connectivity index (χ4n) is 3.53. The van der Waals surface area contributed by atoms with Gasteiger partial charge in [-0.05, 0) is 38.0 Å². The highest BCUT2D eigenvalue weighted by molar-refractivity contribution is 5.95. The predicted octanol–water partition coefficient (Wildman–Crippen LogP) is 1.89. The number of benzene rings is 1. The van der Waals surface area contributed by atoms with E-state index in [9.17, 15) is 4.79 Å². The van der Waals surface area contributed by atoms with Crippen LogP contribution in [-0.2, 0) is 4.79 Å². The maximum atomic E-state index is 12.6. The zero-order valence-electron chi connectivity index (χ0n) is 14.4. The maximum Gasteiger partial charge on any atom is 0.282 e. The normalized spacial score (nSPS) is 26.3. The zero-order valence-corrected chi connectivity index (χ0v) is 14.4. The number of amides is 1. The molecule has 1 aliphatic rings. The predicted molar refractivity (Wildman–Crippen MR) is 89.5 cm³/mol. The Morgan fingerprint density at radius 2 is 1.95 bits per heavy atom. The molecule has 4 heteroatoms. The van der Waals surface area contributed by atoms with Crippen LogP contribution in [0.5, 0.6) is 5.75 Å². The molecule has 0 saturated carbocycles. The smallest absolute Gasteiger partial charge is 0.282 e. The van der Waals surface area contributed by atoms with Gasteiger partial charge in [0, 0.05) is 11.8 Å². The summed E-state index contributed by atoms with van der Waals surface area (Å²) in [5, 5.41) is 3.04. The van der Waals surface area contributed by atoms with Crippen LogP contribution in [0.15, 0.2) is 18.2 Å². The Morgan fingerprint density at radius 1 is 1.32 bits per heavy atom. The fraction of sp³-hybridized carbons (Fsp3) is 0.611. The molecule has 1 heterocycles. The molecule has 0 aromatic heterocycles. The summed E-state index contributed by atoms with van der Waals surface area (Å²) in [7, 11) is 1.63. The highest BCUT2D eigenvalue weighted by atomic mass is 16.5. The van der Waals surface area contributed by atoms with Crippen molar-refractivity contribution in [2.45, 2.75) is 40.2 Å². The van der Waals surface area contributed by atoms with Gasteiger partial charge < -0.3 is 15.0 Å². The summed E-state index contributed by atoms with van der Waals surface area (Å²) < 4.78 is 5.34. The van der Waals surface area contributed by atoms with E-state index < -0.39 is 0 Å². The number of aryl methyl sites for hydroxylation is 1. The van der Waals surface area contributed by atoms with Gasteiger partial charge in [-0.2, -0.15) is 0 Å². The average molecular weight is 305 g/mol. The molecular weight excluding hydrogens is 276 g/mol. The van der Waals surface area contributed by atoms with E-state index in [0.29, 0.717) is 17.6 Å². The van der Waals surface area contributed by atoms with E-state index in [0.717, 1.165) is 24.3 Å². The Balaban J connectivity index is 2.07. The molecule has 4 nitrogen and oxygen atoms in total. The number of rotatable bonds is 4. The molecule has 1 aromatic carbocycles. The molecule has 0 bridgehead atoms. The quantitative estimate of drug-likeness (QED) is 0.892. The summed E-state index contributed by atoms with van der Waals surface area (Å²) in [4.78, 5) is 14.0. The molecule has 1 aromatic rings. The van der Waals surface area contributed by atoms with Crippen LogP contribution in [0.3, 0.4) is 0 Å². The van der Waals surface area contributed by atoms with E-state index >= 15 is 0 Å². The highest BCUT2D eigenvalue weighted by Gasteiger charge is 2.32. The molecule has 122 valence electrons. The Hall–Kier alpha value is -1.55. The lowest BCUT2D eigenvalue weighted by molar-refractivity contribution is -0.925. The first-order valence-corrected chi connectivity index (χ1v) is 8.20. The number of likely N-dealkylation sites (tertiary alicyclic amines) is 1. The highest BCUT2D eigenvalue weighted by Crippen LogP contribution is 2.25. The van der Waals surface area contributed by atoms with Gasteiger partial charge in [0.25, 0.3) is 5.91 Å². The van der Waals surface area contributed by atoms with E-state index in [4.69, 9.17) is 4.74 Å². The minimum atomic E-state index is -0.0459. The summed E-state index contributed by atoms with van der Waals surface area (Å²) in [5.41, 5.74) is 1.87. The molecule has 1 saturated heterocycles. The summed E-state index contributed by atoms with van der Waals surface area (Å²) >= 11 is 0. The number of piperidine rings is 1. The molecule has 1 fully saturated rings. The molecule has 1 amide bonds. The minimum absolute atomic E-state index is 0.0459. The summed E-state index contributed by atoms with van der Waals surface area (Å²) in [6, 6.07) is 5.79. The molecule has 2 N–H and O–H groups in total. The number of nitrogens with one attached hydrogen (secondary N) is 2. The van der Waals surface area contributed by atoms with E-state index in [1.807, 2.05) is 32.0 Å². The van der Waals surface area contributed by atoms with Gasteiger partial charge in [0.1, 0.15) is 5.75 Å². The first-order chi connectivity index (χ1) is 10.4. The van der Waals surface area contributed by atoms with Crippen LogP contribution in [0.1, 0.15) is 32.8 Å². The largest absolute Gasteiger partial charge is 0.495 e. The number of hydrogen-bond acceptors (Lipinski definition) is 2. The number of carbonyl (C=O) groups is 1. The summed E-state index contributed by atoms with van der Waals surface area (Å²) in [6.07, 6.45) is 1.27. The molecule has 3 atom stereocenters. The van der Waals surface area contributed by atoms with Gasteiger partial charge >= 0.3 is 0 Å². The van der Waals surface area contributed by atoms with E-state index in [1.165, 1.54) is 11.3 Å². The first-order valence-electron chi connectivity index (χ1n) is 8.20. The second-order valence-electron chi connectivity index (χ2n) is 6.93. The van der Waals surface area contributed by atoms with Gasteiger partial charge in [0.05, 0.1) is 25.9 Å². The van der Waals surface area contributed by atoms with Crippen molar-refractivity contribution in [3.05, 3.63) is 23.8 Å². The standard InChI is InChI=1S/C18H28N2O2/c1-12-6-7-17(22-5)16(9-12)19-18(21)15(4)20-10-13(2)8-14(3)11-20/h6-7,9,13-15H,8,10-11H2,1-5H3,(H,19,21)/p+1/t13-,14-,15+/m0/s1. The van der Waals surface area contributed by atoms with Crippen molar-refractivity contribution < 1.29 is 14.4 Å². The van der Waals surface area contributed by atoms with Crippen molar-refractivity contribution in [1.29, 1.82) is 0 Å². The molecule has 0 spiro atoms. The van der Waals surface area contributed by atoms with Gasteiger partial charge in [-0.1, -0.05) is 19.9 Å². The Labute approximate surface area is 133 Å². The maximum absolute atomic E-state index is 12.6. The van der Waals surface area contributed by atoms with Crippen LogP contribution in [0.25, 0.3) is 0 Å². The molecule has 2 rings (SSSR count). The van der Waals surface area contributed by atoms with Crippen LogP contribution < -0.4 is 15.0 Å². The molecule has 1 aliphatic heterocycles. The van der Waals surface area contributed by atoms with Gasteiger partial charge in [-0.25, -0.2) is 0 Å². The van der Waals surface area contributed by atoms with E-state index in [2.05, 4.69) is 19.2 Å². The number of quaternary nitrogens is 1. The molecule has 22 heavy (non-hydrogen) atoms. The van der Waals surface area contributed by atoms with Crippen molar-refractivity contribution >= 4 is 11.6 Å². The second-order valence-corrected chi connectivity index (χ2v) is 6.93. The molecule has 0 aliphatic carbocycles. The lowest BCUT2D eigenvalue weighted by Gasteiger charge is -2.35. The lowest BCUT2D eigenvalue weighted by Crippen LogP contribution is -3.18. The monoisotopic (exact) mass is 305 g/mol. The van der Waals surface area contributed by atoms with Gasteiger partial charge in [0.15, 0.2) is 6.04 Å². The molecule has 0 unspecified atom stereocenters. The number of ether oxygens (including phenoxy) is 1. The van der Waals surface area contributed by atoms with Crippen molar-refractivity contribution in [1.82, 2.24) is 0 Å². The summed E-state index contributed by atoms with van der Waals surface area (Å²) in [6.45, 7) is 10.7. The van der Waals surface area contributed by atoms with Crippen LogP contribution in [0, 0.1) is 18.8 Å².